The van der Waals surface area contributed by atoms with Crippen molar-refractivity contribution in [1.29, 1.82) is 0 Å². The number of benzene rings is 1. The Morgan fingerprint density at radius 2 is 2.06 bits per heavy atom. The number of aliphatic hydroxyl groups excluding tert-OH is 1. The number of aryl methyl sites for hydroxylation is 1. The standard InChI is InChI=1S/C13H19NO2/c1-2-12(10-15)14-13(16)9-8-11-6-4-3-5-7-11/h3-7,12,15H,2,8-10H2,1H3,(H,14,16)/t12-/m1/s1. The zero-order valence-corrected chi connectivity index (χ0v) is 9.65. The van der Waals surface area contributed by atoms with E-state index >= 15 is 0 Å². The van der Waals surface area contributed by atoms with Crippen LogP contribution in [0, 0.1) is 0 Å². The average Bonchev–Trinajstić information content (AvgIpc) is 2.34. The molecular weight excluding hydrogens is 202 g/mol. The van der Waals surface area contributed by atoms with Gasteiger partial charge in [0.1, 0.15) is 0 Å². The van der Waals surface area contributed by atoms with Gasteiger partial charge in [-0.05, 0) is 18.4 Å². The molecule has 2 N–H and O–H groups in total. The molecule has 0 saturated carbocycles. The molecule has 1 aromatic rings. The van der Waals surface area contributed by atoms with Crippen molar-refractivity contribution < 1.29 is 9.90 Å². The molecule has 3 heteroatoms. The maximum absolute atomic E-state index is 11.5. The first-order valence-corrected chi connectivity index (χ1v) is 5.70. The summed E-state index contributed by atoms with van der Waals surface area (Å²) in [6.07, 6.45) is 1.97. The number of rotatable bonds is 6. The largest absolute Gasteiger partial charge is 0.394 e. The first kappa shape index (κ1) is 12.7. The van der Waals surface area contributed by atoms with Gasteiger partial charge in [-0.3, -0.25) is 4.79 Å². The van der Waals surface area contributed by atoms with Crippen LogP contribution in [0.5, 0.6) is 0 Å². The summed E-state index contributed by atoms with van der Waals surface area (Å²) in [7, 11) is 0. The van der Waals surface area contributed by atoms with Crippen LogP contribution in [0.2, 0.25) is 0 Å². The average molecular weight is 221 g/mol. The Morgan fingerprint density at radius 3 is 2.62 bits per heavy atom. The zero-order chi connectivity index (χ0) is 11.8. The van der Waals surface area contributed by atoms with E-state index < -0.39 is 0 Å². The second kappa shape index (κ2) is 7.01. The Labute approximate surface area is 96.5 Å². The Morgan fingerprint density at radius 1 is 1.38 bits per heavy atom. The summed E-state index contributed by atoms with van der Waals surface area (Å²) in [5, 5.41) is 11.7. The van der Waals surface area contributed by atoms with Crippen LogP contribution < -0.4 is 5.32 Å². The van der Waals surface area contributed by atoms with E-state index in [9.17, 15) is 4.79 Å². The molecule has 1 rings (SSSR count). The maximum Gasteiger partial charge on any atom is 0.220 e. The van der Waals surface area contributed by atoms with Crippen LogP contribution in [0.4, 0.5) is 0 Å². The van der Waals surface area contributed by atoms with Crippen LogP contribution in [0.15, 0.2) is 30.3 Å². The highest BCUT2D eigenvalue weighted by atomic mass is 16.3. The quantitative estimate of drug-likeness (QED) is 0.765. The number of aliphatic hydroxyl groups is 1. The summed E-state index contributed by atoms with van der Waals surface area (Å²) < 4.78 is 0. The minimum atomic E-state index is -0.108. The molecule has 1 atom stereocenters. The third-order valence-electron chi connectivity index (χ3n) is 2.56. The first-order chi connectivity index (χ1) is 7.76. The molecule has 0 saturated heterocycles. The molecule has 0 aromatic heterocycles. The van der Waals surface area contributed by atoms with Crippen LogP contribution in [0.25, 0.3) is 0 Å². The summed E-state index contributed by atoms with van der Waals surface area (Å²) in [5.74, 6) is 0.00440. The molecule has 0 aliphatic heterocycles. The van der Waals surface area contributed by atoms with Gasteiger partial charge in [0.2, 0.25) is 5.91 Å². The third kappa shape index (κ3) is 4.45. The second-order valence-electron chi connectivity index (χ2n) is 3.84. The molecule has 0 bridgehead atoms. The molecule has 3 nitrogen and oxygen atoms in total. The topological polar surface area (TPSA) is 49.3 Å². The summed E-state index contributed by atoms with van der Waals surface area (Å²) in [6.45, 7) is 1.95. The van der Waals surface area contributed by atoms with Crippen molar-refractivity contribution in [2.24, 2.45) is 0 Å². The molecule has 88 valence electrons. The van der Waals surface area contributed by atoms with Gasteiger partial charge in [0.25, 0.3) is 0 Å². The van der Waals surface area contributed by atoms with E-state index in [1.165, 1.54) is 0 Å². The van der Waals surface area contributed by atoms with Gasteiger partial charge in [-0.15, -0.1) is 0 Å². The van der Waals surface area contributed by atoms with Crippen molar-refractivity contribution in [3.63, 3.8) is 0 Å². The van der Waals surface area contributed by atoms with Crippen molar-refractivity contribution >= 4 is 5.91 Å². The number of carbonyl (C=O) groups excluding carboxylic acids is 1. The van der Waals surface area contributed by atoms with E-state index in [4.69, 9.17) is 5.11 Å². The lowest BCUT2D eigenvalue weighted by Gasteiger charge is -2.13. The highest BCUT2D eigenvalue weighted by Gasteiger charge is 2.08. The fourth-order valence-corrected chi connectivity index (χ4v) is 1.48. The van der Waals surface area contributed by atoms with Crippen LogP contribution in [0.1, 0.15) is 25.3 Å². The molecule has 0 heterocycles. The number of carbonyl (C=O) groups is 1. The SMILES string of the molecule is CC[C@H](CO)NC(=O)CCc1ccccc1. The zero-order valence-electron chi connectivity index (χ0n) is 9.65. The Bertz CT molecular complexity index is 307. The predicted octanol–water partition coefficient (Wildman–Crippen LogP) is 1.51. The Balaban J connectivity index is 2.30. The van der Waals surface area contributed by atoms with Gasteiger partial charge < -0.3 is 10.4 Å². The Kier molecular flexibility index (Phi) is 5.57. The number of amides is 1. The molecule has 0 fully saturated rings. The monoisotopic (exact) mass is 221 g/mol. The molecule has 0 aliphatic carbocycles. The number of hydrogen-bond acceptors (Lipinski definition) is 2. The summed E-state index contributed by atoms with van der Waals surface area (Å²) in [5.41, 5.74) is 1.16. The van der Waals surface area contributed by atoms with E-state index in [1.807, 2.05) is 37.3 Å². The highest BCUT2D eigenvalue weighted by molar-refractivity contribution is 5.76. The molecule has 0 aliphatic rings. The van der Waals surface area contributed by atoms with Gasteiger partial charge in [-0.1, -0.05) is 37.3 Å². The molecular formula is C13H19NO2. The van der Waals surface area contributed by atoms with Gasteiger partial charge in [0.05, 0.1) is 12.6 Å². The maximum atomic E-state index is 11.5. The summed E-state index contributed by atoms with van der Waals surface area (Å²) in [6, 6.07) is 9.81. The van der Waals surface area contributed by atoms with E-state index in [1.54, 1.807) is 0 Å². The minimum Gasteiger partial charge on any atom is -0.394 e. The van der Waals surface area contributed by atoms with Crippen molar-refractivity contribution in [2.45, 2.75) is 32.2 Å². The normalized spacial score (nSPS) is 12.1. The third-order valence-corrected chi connectivity index (χ3v) is 2.56. The smallest absolute Gasteiger partial charge is 0.220 e. The summed E-state index contributed by atoms with van der Waals surface area (Å²) in [4.78, 5) is 11.5. The fourth-order valence-electron chi connectivity index (χ4n) is 1.48. The van der Waals surface area contributed by atoms with Gasteiger partial charge in [-0.25, -0.2) is 0 Å². The number of hydrogen-bond donors (Lipinski definition) is 2. The lowest BCUT2D eigenvalue weighted by Crippen LogP contribution is -2.36. The van der Waals surface area contributed by atoms with Crippen molar-refractivity contribution in [2.75, 3.05) is 6.61 Å². The molecule has 1 aromatic carbocycles. The van der Waals surface area contributed by atoms with Crippen LogP contribution in [-0.4, -0.2) is 23.7 Å². The fraction of sp³-hybridized carbons (Fsp3) is 0.462. The predicted molar refractivity (Wildman–Crippen MR) is 64.1 cm³/mol. The van der Waals surface area contributed by atoms with Gasteiger partial charge >= 0.3 is 0 Å². The van der Waals surface area contributed by atoms with Gasteiger partial charge in [0, 0.05) is 6.42 Å². The van der Waals surface area contributed by atoms with E-state index in [2.05, 4.69) is 5.32 Å². The molecule has 0 unspecified atom stereocenters. The van der Waals surface area contributed by atoms with E-state index in [0.717, 1.165) is 18.4 Å². The first-order valence-electron chi connectivity index (χ1n) is 5.70. The van der Waals surface area contributed by atoms with Crippen LogP contribution in [0.3, 0.4) is 0 Å². The second-order valence-corrected chi connectivity index (χ2v) is 3.84. The van der Waals surface area contributed by atoms with Crippen molar-refractivity contribution in [1.82, 2.24) is 5.32 Å². The Hall–Kier alpha value is -1.35. The van der Waals surface area contributed by atoms with Crippen molar-refractivity contribution in [3.05, 3.63) is 35.9 Å². The van der Waals surface area contributed by atoms with Crippen molar-refractivity contribution in [3.8, 4) is 0 Å². The van der Waals surface area contributed by atoms with Crippen LogP contribution >= 0.6 is 0 Å². The lowest BCUT2D eigenvalue weighted by molar-refractivity contribution is -0.122. The van der Waals surface area contributed by atoms with E-state index in [-0.39, 0.29) is 18.6 Å². The minimum absolute atomic E-state index is 0.00440. The molecule has 0 radical (unpaired) electrons. The lowest BCUT2D eigenvalue weighted by atomic mass is 10.1. The van der Waals surface area contributed by atoms with Crippen LogP contribution in [-0.2, 0) is 11.2 Å². The summed E-state index contributed by atoms with van der Waals surface area (Å²) >= 11 is 0. The molecule has 16 heavy (non-hydrogen) atoms. The van der Waals surface area contributed by atoms with E-state index in [0.29, 0.717) is 6.42 Å². The van der Waals surface area contributed by atoms with Gasteiger partial charge in [-0.2, -0.15) is 0 Å². The molecule has 1 amide bonds. The highest BCUT2D eigenvalue weighted by Crippen LogP contribution is 2.02. The van der Waals surface area contributed by atoms with Gasteiger partial charge in [0.15, 0.2) is 0 Å². The number of nitrogens with one attached hydrogen (secondary N) is 1. The molecule has 0 spiro atoms.